The summed E-state index contributed by atoms with van der Waals surface area (Å²) in [5.74, 6) is 0. The SMILES string of the molecule is c1ccc(-c2ccc(N(c3cccc(-c4cccc5ccccc45)c3)c3cccc(-c4cccc5c4c4ccccc4n5-c4ccccc4)c3)cc2)cc1. The Bertz CT molecular complexity index is 2920. The van der Waals surface area contributed by atoms with Crippen molar-refractivity contribution in [2.45, 2.75) is 0 Å². The molecule has 0 spiro atoms. The van der Waals surface area contributed by atoms with E-state index in [9.17, 15) is 0 Å². The molecule has 2 heteroatoms. The number of anilines is 3. The summed E-state index contributed by atoms with van der Waals surface area (Å²) >= 11 is 0. The smallest absolute Gasteiger partial charge is 0.0547 e. The fourth-order valence-corrected chi connectivity index (χ4v) is 8.10. The van der Waals surface area contributed by atoms with E-state index in [0.717, 1.165) is 22.7 Å². The first kappa shape index (κ1) is 31.6. The highest BCUT2D eigenvalue weighted by atomic mass is 15.1. The maximum absolute atomic E-state index is 2.39. The minimum absolute atomic E-state index is 1.10. The Hall–Kier alpha value is -7.16. The lowest BCUT2D eigenvalue weighted by Crippen LogP contribution is -2.10. The third-order valence-electron chi connectivity index (χ3n) is 10.6. The Labute approximate surface area is 315 Å². The van der Waals surface area contributed by atoms with Gasteiger partial charge in [0, 0.05) is 33.5 Å². The highest BCUT2D eigenvalue weighted by Crippen LogP contribution is 2.42. The van der Waals surface area contributed by atoms with Gasteiger partial charge in [0.15, 0.2) is 0 Å². The normalized spacial score (nSPS) is 11.3. The summed E-state index contributed by atoms with van der Waals surface area (Å²) in [7, 11) is 0. The summed E-state index contributed by atoms with van der Waals surface area (Å²) in [6.45, 7) is 0. The van der Waals surface area contributed by atoms with Crippen LogP contribution >= 0.6 is 0 Å². The van der Waals surface area contributed by atoms with Crippen LogP contribution in [0.4, 0.5) is 17.1 Å². The minimum atomic E-state index is 1.10. The van der Waals surface area contributed by atoms with E-state index in [4.69, 9.17) is 0 Å². The zero-order valence-electron chi connectivity index (χ0n) is 29.7. The van der Waals surface area contributed by atoms with Crippen LogP contribution in [0.2, 0.25) is 0 Å². The molecule has 0 radical (unpaired) electrons. The van der Waals surface area contributed by atoms with Gasteiger partial charge in [-0.15, -0.1) is 0 Å². The second-order valence-electron chi connectivity index (χ2n) is 13.8. The first-order chi connectivity index (χ1) is 26.8. The molecule has 0 N–H and O–H groups in total. The van der Waals surface area contributed by atoms with E-state index in [1.165, 1.54) is 66.0 Å². The average Bonchev–Trinajstić information content (AvgIpc) is 3.59. The number of benzene rings is 9. The zero-order chi connectivity index (χ0) is 35.8. The molecule has 10 rings (SSSR count). The lowest BCUT2D eigenvalue weighted by Gasteiger charge is -2.27. The summed E-state index contributed by atoms with van der Waals surface area (Å²) in [4.78, 5) is 2.39. The highest BCUT2D eigenvalue weighted by Gasteiger charge is 2.19. The molecule has 0 fully saturated rings. The molecule has 2 nitrogen and oxygen atoms in total. The van der Waals surface area contributed by atoms with Crippen LogP contribution in [-0.4, -0.2) is 4.57 Å². The summed E-state index contributed by atoms with van der Waals surface area (Å²) < 4.78 is 2.39. The summed E-state index contributed by atoms with van der Waals surface area (Å²) in [5.41, 5.74) is 14.0. The van der Waals surface area contributed by atoms with Crippen molar-refractivity contribution < 1.29 is 0 Å². The fourth-order valence-electron chi connectivity index (χ4n) is 8.10. The molecular formula is C52H36N2. The number of para-hydroxylation sites is 2. The Balaban J connectivity index is 1.15. The summed E-state index contributed by atoms with van der Waals surface area (Å²) in [6, 6.07) is 78.9. The molecule has 0 aliphatic heterocycles. The standard InChI is InChI=1S/C52H36N2/c1-3-15-37(16-4-1)38-31-33-43(34-32-38)53(44-23-11-19-40(35-44)47-27-13-18-39-17-7-8-25-46(39)47)45-24-12-20-41(36-45)48-28-14-30-51-52(48)49-26-9-10-29-50(49)54(51)42-21-5-2-6-22-42/h1-36H. The van der Waals surface area contributed by atoms with Gasteiger partial charge in [0.05, 0.1) is 11.0 Å². The Kier molecular flexibility index (Phi) is 7.85. The minimum Gasteiger partial charge on any atom is -0.310 e. The molecule has 1 aromatic heterocycles. The molecule has 54 heavy (non-hydrogen) atoms. The number of rotatable bonds is 7. The topological polar surface area (TPSA) is 8.17 Å². The van der Waals surface area contributed by atoms with Crippen molar-refractivity contribution in [3.8, 4) is 39.1 Å². The Morgan fingerprint density at radius 2 is 0.833 bits per heavy atom. The van der Waals surface area contributed by atoms with Crippen molar-refractivity contribution >= 4 is 49.6 Å². The van der Waals surface area contributed by atoms with Crippen molar-refractivity contribution in [3.05, 3.63) is 218 Å². The fraction of sp³-hybridized carbons (Fsp3) is 0. The van der Waals surface area contributed by atoms with Gasteiger partial charge in [0.25, 0.3) is 0 Å². The van der Waals surface area contributed by atoms with Crippen LogP contribution in [0.3, 0.4) is 0 Å². The van der Waals surface area contributed by atoms with Crippen molar-refractivity contribution in [1.82, 2.24) is 4.57 Å². The number of hydrogen-bond donors (Lipinski definition) is 0. The third-order valence-corrected chi connectivity index (χ3v) is 10.6. The predicted molar refractivity (Wildman–Crippen MR) is 229 cm³/mol. The van der Waals surface area contributed by atoms with Crippen molar-refractivity contribution in [2.75, 3.05) is 4.90 Å². The summed E-state index contributed by atoms with van der Waals surface area (Å²) in [6.07, 6.45) is 0. The van der Waals surface area contributed by atoms with Crippen LogP contribution in [0.25, 0.3) is 71.6 Å². The maximum atomic E-state index is 2.39. The highest BCUT2D eigenvalue weighted by molar-refractivity contribution is 6.16. The number of aromatic nitrogens is 1. The average molecular weight is 689 g/mol. The number of hydrogen-bond acceptors (Lipinski definition) is 1. The van der Waals surface area contributed by atoms with Crippen molar-refractivity contribution in [3.63, 3.8) is 0 Å². The van der Waals surface area contributed by atoms with E-state index in [1.54, 1.807) is 0 Å². The number of nitrogens with zero attached hydrogens (tertiary/aromatic N) is 2. The van der Waals surface area contributed by atoms with E-state index in [-0.39, 0.29) is 0 Å². The Morgan fingerprint density at radius 1 is 0.315 bits per heavy atom. The van der Waals surface area contributed by atoms with E-state index in [2.05, 4.69) is 228 Å². The second kappa shape index (κ2) is 13.4. The van der Waals surface area contributed by atoms with Crippen molar-refractivity contribution in [2.24, 2.45) is 0 Å². The quantitative estimate of drug-likeness (QED) is 0.162. The maximum Gasteiger partial charge on any atom is 0.0547 e. The largest absolute Gasteiger partial charge is 0.310 e. The molecule has 0 aliphatic rings. The van der Waals surface area contributed by atoms with Crippen molar-refractivity contribution in [1.29, 1.82) is 0 Å². The lowest BCUT2D eigenvalue weighted by molar-refractivity contribution is 1.18. The van der Waals surface area contributed by atoms with Crippen LogP contribution in [0.15, 0.2) is 218 Å². The van der Waals surface area contributed by atoms with Gasteiger partial charge in [-0.1, -0.05) is 158 Å². The molecule has 0 saturated carbocycles. The predicted octanol–water partition coefficient (Wildman–Crippen LogP) is 14.4. The first-order valence-corrected chi connectivity index (χ1v) is 18.5. The monoisotopic (exact) mass is 688 g/mol. The van der Waals surface area contributed by atoms with E-state index in [0.29, 0.717) is 0 Å². The van der Waals surface area contributed by atoms with Crippen LogP contribution in [0, 0.1) is 0 Å². The van der Waals surface area contributed by atoms with Gasteiger partial charge < -0.3 is 9.47 Å². The molecule has 0 saturated heterocycles. The molecule has 0 unspecified atom stereocenters. The van der Waals surface area contributed by atoms with Gasteiger partial charge in [0.2, 0.25) is 0 Å². The van der Waals surface area contributed by atoms with Gasteiger partial charge in [0.1, 0.15) is 0 Å². The summed E-state index contributed by atoms with van der Waals surface area (Å²) in [5, 5.41) is 4.99. The van der Waals surface area contributed by atoms with Crippen LogP contribution in [0.1, 0.15) is 0 Å². The molecular weight excluding hydrogens is 653 g/mol. The molecule has 0 amide bonds. The van der Waals surface area contributed by atoms with Gasteiger partial charge in [-0.05, 0) is 105 Å². The number of fused-ring (bicyclic) bond motifs is 4. The molecule has 1 heterocycles. The van der Waals surface area contributed by atoms with Crippen LogP contribution < -0.4 is 4.90 Å². The van der Waals surface area contributed by atoms with E-state index < -0.39 is 0 Å². The Morgan fingerprint density at radius 3 is 1.59 bits per heavy atom. The van der Waals surface area contributed by atoms with Gasteiger partial charge in [-0.2, -0.15) is 0 Å². The van der Waals surface area contributed by atoms with Gasteiger partial charge in [-0.3, -0.25) is 0 Å². The third kappa shape index (κ3) is 5.53. The molecule has 0 bridgehead atoms. The molecule has 9 aromatic carbocycles. The lowest BCUT2D eigenvalue weighted by atomic mass is 9.97. The van der Waals surface area contributed by atoms with Gasteiger partial charge in [-0.25, -0.2) is 0 Å². The van der Waals surface area contributed by atoms with Crippen LogP contribution in [0.5, 0.6) is 0 Å². The first-order valence-electron chi connectivity index (χ1n) is 18.5. The van der Waals surface area contributed by atoms with E-state index in [1.807, 2.05) is 0 Å². The molecule has 10 aromatic rings. The van der Waals surface area contributed by atoms with Crippen LogP contribution in [-0.2, 0) is 0 Å². The van der Waals surface area contributed by atoms with Gasteiger partial charge >= 0.3 is 0 Å². The van der Waals surface area contributed by atoms with E-state index >= 15 is 0 Å². The second-order valence-corrected chi connectivity index (χ2v) is 13.8. The molecule has 254 valence electrons. The zero-order valence-corrected chi connectivity index (χ0v) is 29.7. The molecule has 0 atom stereocenters. The molecule has 0 aliphatic carbocycles.